The zero-order chi connectivity index (χ0) is 23.1. The Morgan fingerprint density at radius 1 is 1.06 bits per heavy atom. The van der Waals surface area contributed by atoms with E-state index < -0.39 is 11.4 Å². The summed E-state index contributed by atoms with van der Waals surface area (Å²) in [7, 11) is 1.54. The molecule has 0 saturated carbocycles. The van der Waals surface area contributed by atoms with Gasteiger partial charge in [-0.05, 0) is 35.4 Å². The molecule has 166 valence electrons. The van der Waals surface area contributed by atoms with Gasteiger partial charge in [0.25, 0.3) is 0 Å². The number of hydrogen-bond donors (Lipinski definition) is 0. The number of methoxy groups -OCH3 is 1. The van der Waals surface area contributed by atoms with Crippen LogP contribution in [0.25, 0.3) is 11.1 Å². The Balaban J connectivity index is 0.00000141. The van der Waals surface area contributed by atoms with E-state index in [9.17, 15) is 5.26 Å². The average Bonchev–Trinajstić information content (AvgIpc) is 3.65. The van der Waals surface area contributed by atoms with Gasteiger partial charge in [0.15, 0.2) is 11.6 Å². The standard InChI is InChI=1S/C24H19ClFNO3.C2H6/c1-28-11-12-29-21-10-7-16(14-27)22(23(21)26)19-13-18(8-9-20(19)25)24(15-30-24)17-5-3-2-4-6-17;1-2/h2-10,13H,11-12,15H2,1H3;1-2H3. The highest BCUT2D eigenvalue weighted by atomic mass is 35.5. The van der Waals surface area contributed by atoms with Crippen molar-refractivity contribution in [2.45, 2.75) is 19.4 Å². The van der Waals surface area contributed by atoms with E-state index in [1.165, 1.54) is 19.2 Å². The van der Waals surface area contributed by atoms with Crippen LogP contribution in [-0.2, 0) is 15.1 Å². The first-order valence-corrected chi connectivity index (χ1v) is 10.8. The van der Waals surface area contributed by atoms with Crippen molar-refractivity contribution < 1.29 is 18.6 Å². The molecule has 0 spiro atoms. The smallest absolute Gasteiger partial charge is 0.174 e. The highest BCUT2D eigenvalue weighted by Crippen LogP contribution is 2.47. The maximum atomic E-state index is 15.4. The molecule has 1 aliphatic rings. The van der Waals surface area contributed by atoms with Gasteiger partial charge in [-0.1, -0.05) is 61.8 Å². The van der Waals surface area contributed by atoms with Gasteiger partial charge in [-0.15, -0.1) is 0 Å². The summed E-state index contributed by atoms with van der Waals surface area (Å²) in [5, 5.41) is 9.91. The molecule has 0 amide bonds. The molecule has 4 nitrogen and oxygen atoms in total. The molecule has 0 radical (unpaired) electrons. The lowest BCUT2D eigenvalue weighted by Gasteiger charge is -2.17. The SMILES string of the molecule is CC.COCCOc1ccc(C#N)c(-c2cc(C3(c4ccccc4)CO3)ccc2Cl)c1F. The van der Waals surface area contributed by atoms with E-state index in [1.54, 1.807) is 12.1 Å². The van der Waals surface area contributed by atoms with Crippen LogP contribution in [0, 0.1) is 17.1 Å². The van der Waals surface area contributed by atoms with E-state index in [2.05, 4.69) is 6.07 Å². The topological polar surface area (TPSA) is 54.8 Å². The molecular weight excluding hydrogens is 429 g/mol. The van der Waals surface area contributed by atoms with Gasteiger partial charge < -0.3 is 14.2 Å². The van der Waals surface area contributed by atoms with Gasteiger partial charge in [-0.3, -0.25) is 0 Å². The average molecular weight is 454 g/mol. The molecule has 1 atom stereocenters. The summed E-state index contributed by atoms with van der Waals surface area (Å²) in [6.45, 7) is 5.03. The van der Waals surface area contributed by atoms with Gasteiger partial charge in [0.1, 0.15) is 12.2 Å². The lowest BCUT2D eigenvalue weighted by atomic mass is 9.89. The molecule has 0 aliphatic carbocycles. The fourth-order valence-corrected chi connectivity index (χ4v) is 3.72. The van der Waals surface area contributed by atoms with E-state index >= 15 is 4.39 Å². The molecule has 0 bridgehead atoms. The fraction of sp³-hybridized carbons (Fsp3) is 0.269. The summed E-state index contributed by atoms with van der Waals surface area (Å²) in [5.41, 5.74) is 1.99. The number of epoxide rings is 1. The van der Waals surface area contributed by atoms with E-state index in [0.29, 0.717) is 23.8 Å². The van der Waals surface area contributed by atoms with Gasteiger partial charge >= 0.3 is 0 Å². The monoisotopic (exact) mass is 453 g/mol. The van der Waals surface area contributed by atoms with Gasteiger partial charge in [-0.2, -0.15) is 5.26 Å². The van der Waals surface area contributed by atoms with E-state index in [-0.39, 0.29) is 23.5 Å². The van der Waals surface area contributed by atoms with Crippen LogP contribution in [0.4, 0.5) is 4.39 Å². The number of hydrogen-bond acceptors (Lipinski definition) is 4. The Kier molecular flexibility index (Phi) is 7.87. The second-order valence-corrected chi connectivity index (χ2v) is 7.34. The molecule has 0 aromatic heterocycles. The molecule has 3 aromatic carbocycles. The molecule has 1 aliphatic heterocycles. The van der Waals surface area contributed by atoms with Crippen LogP contribution in [0.1, 0.15) is 30.5 Å². The molecule has 1 unspecified atom stereocenters. The highest BCUT2D eigenvalue weighted by molar-refractivity contribution is 6.33. The molecule has 4 rings (SSSR count). The van der Waals surface area contributed by atoms with E-state index in [1.807, 2.05) is 50.2 Å². The van der Waals surface area contributed by atoms with Crippen molar-refractivity contribution in [3.63, 3.8) is 0 Å². The lowest BCUT2D eigenvalue weighted by molar-refractivity contribution is 0.144. The van der Waals surface area contributed by atoms with Crippen molar-refractivity contribution in [2.75, 3.05) is 26.9 Å². The Bertz CT molecular complexity index is 1110. The Morgan fingerprint density at radius 3 is 2.41 bits per heavy atom. The Hall–Kier alpha value is -2.91. The summed E-state index contributed by atoms with van der Waals surface area (Å²) in [6.07, 6.45) is 0. The fourth-order valence-electron chi connectivity index (χ4n) is 3.51. The van der Waals surface area contributed by atoms with Crippen LogP contribution in [0.15, 0.2) is 60.7 Å². The third-order valence-corrected chi connectivity index (χ3v) is 5.48. The second-order valence-electron chi connectivity index (χ2n) is 6.93. The van der Waals surface area contributed by atoms with Crippen molar-refractivity contribution >= 4 is 11.6 Å². The highest BCUT2D eigenvalue weighted by Gasteiger charge is 2.48. The third kappa shape index (κ3) is 4.63. The first-order chi connectivity index (χ1) is 15.6. The second kappa shape index (κ2) is 10.6. The molecule has 1 fully saturated rings. The minimum Gasteiger partial charge on any atom is -0.488 e. The molecule has 6 heteroatoms. The summed E-state index contributed by atoms with van der Waals surface area (Å²) in [4.78, 5) is 0. The zero-order valence-corrected chi connectivity index (χ0v) is 19.1. The van der Waals surface area contributed by atoms with Gasteiger partial charge in [0, 0.05) is 23.3 Å². The molecule has 3 aromatic rings. The van der Waals surface area contributed by atoms with Crippen molar-refractivity contribution in [1.29, 1.82) is 5.26 Å². The van der Waals surface area contributed by atoms with E-state index in [4.69, 9.17) is 25.8 Å². The number of rotatable bonds is 7. The molecule has 1 heterocycles. The number of nitrogens with zero attached hydrogens (tertiary/aromatic N) is 1. The van der Waals surface area contributed by atoms with Crippen LogP contribution in [0.2, 0.25) is 5.02 Å². The molecule has 32 heavy (non-hydrogen) atoms. The summed E-state index contributed by atoms with van der Waals surface area (Å²) in [5.74, 6) is -0.586. The van der Waals surface area contributed by atoms with Crippen LogP contribution in [0.5, 0.6) is 5.75 Å². The largest absolute Gasteiger partial charge is 0.488 e. The van der Waals surface area contributed by atoms with Crippen LogP contribution >= 0.6 is 11.6 Å². The van der Waals surface area contributed by atoms with Gasteiger partial charge in [0.2, 0.25) is 0 Å². The zero-order valence-electron chi connectivity index (χ0n) is 18.3. The van der Waals surface area contributed by atoms with Gasteiger partial charge in [0.05, 0.1) is 24.8 Å². The predicted octanol–water partition coefficient (Wildman–Crippen LogP) is 6.34. The number of nitriles is 1. The third-order valence-electron chi connectivity index (χ3n) is 5.15. The van der Waals surface area contributed by atoms with Crippen molar-refractivity contribution in [1.82, 2.24) is 0 Å². The van der Waals surface area contributed by atoms with Crippen molar-refractivity contribution in [3.05, 3.63) is 88.2 Å². The summed E-state index contributed by atoms with van der Waals surface area (Å²) >= 11 is 6.45. The van der Waals surface area contributed by atoms with Crippen molar-refractivity contribution in [2.24, 2.45) is 0 Å². The summed E-state index contributed by atoms with van der Waals surface area (Å²) in [6, 6.07) is 20.2. The first-order valence-electron chi connectivity index (χ1n) is 10.4. The van der Waals surface area contributed by atoms with Crippen LogP contribution in [0.3, 0.4) is 0 Å². The van der Waals surface area contributed by atoms with E-state index in [0.717, 1.165) is 11.1 Å². The molecule has 1 saturated heterocycles. The number of benzene rings is 3. The summed E-state index contributed by atoms with van der Waals surface area (Å²) < 4.78 is 31.6. The Labute approximate surface area is 193 Å². The first kappa shape index (κ1) is 23.7. The Morgan fingerprint density at radius 2 is 1.78 bits per heavy atom. The van der Waals surface area contributed by atoms with Crippen LogP contribution in [-0.4, -0.2) is 26.9 Å². The minimum atomic E-state index is -0.630. The quantitative estimate of drug-likeness (QED) is 0.309. The molecular formula is C26H25ClFNO3. The number of halogens is 2. The predicted molar refractivity (Wildman–Crippen MR) is 123 cm³/mol. The van der Waals surface area contributed by atoms with Crippen molar-refractivity contribution in [3.8, 4) is 22.9 Å². The van der Waals surface area contributed by atoms with Gasteiger partial charge in [-0.25, -0.2) is 4.39 Å². The lowest BCUT2D eigenvalue weighted by Crippen LogP contribution is -2.11. The maximum absolute atomic E-state index is 15.4. The van der Waals surface area contributed by atoms with Crippen LogP contribution < -0.4 is 4.74 Å². The molecule has 0 N–H and O–H groups in total. The minimum absolute atomic E-state index is 0.0444. The number of ether oxygens (including phenoxy) is 3. The normalized spacial score (nSPS) is 16.5. The maximum Gasteiger partial charge on any atom is 0.174 e.